The second-order valence-corrected chi connectivity index (χ2v) is 7.27. The number of thioether (sulfide) groups is 1. The van der Waals surface area contributed by atoms with Crippen LogP contribution in [0.4, 0.5) is 13.2 Å². The summed E-state index contributed by atoms with van der Waals surface area (Å²) < 4.78 is 40.6. The number of benzene rings is 2. The number of halogens is 3. The number of fused-ring (bicyclic) bond motifs is 1. The van der Waals surface area contributed by atoms with E-state index in [1.807, 2.05) is 35.8 Å². The van der Waals surface area contributed by atoms with Gasteiger partial charge in [-0.1, -0.05) is 36.0 Å². The lowest BCUT2D eigenvalue weighted by molar-refractivity contribution is -0.137. The lowest BCUT2D eigenvalue weighted by atomic mass is 10.0. The van der Waals surface area contributed by atoms with Crippen LogP contribution in [0.25, 0.3) is 11.0 Å². The number of nitrogens with one attached hydrogen (secondary N) is 1. The van der Waals surface area contributed by atoms with Crippen LogP contribution in [0.1, 0.15) is 31.0 Å². The minimum Gasteiger partial charge on any atom is -0.349 e. The molecule has 0 aliphatic carbocycles. The van der Waals surface area contributed by atoms with E-state index in [2.05, 4.69) is 10.3 Å². The molecule has 0 bridgehead atoms. The second kappa shape index (κ2) is 8.26. The zero-order chi connectivity index (χ0) is 20.3. The third-order valence-corrected chi connectivity index (χ3v) is 5.34. The number of hydrogen-bond acceptors (Lipinski definition) is 3. The van der Waals surface area contributed by atoms with Gasteiger partial charge in [0.2, 0.25) is 5.91 Å². The van der Waals surface area contributed by atoms with Crippen molar-refractivity contribution in [1.29, 1.82) is 0 Å². The summed E-state index contributed by atoms with van der Waals surface area (Å²) in [6.07, 6.45) is -4.41. The molecule has 0 radical (unpaired) electrons. The van der Waals surface area contributed by atoms with Crippen molar-refractivity contribution in [2.45, 2.75) is 37.8 Å². The minimum atomic E-state index is -4.41. The van der Waals surface area contributed by atoms with Crippen molar-refractivity contribution in [2.75, 3.05) is 5.75 Å². The van der Waals surface area contributed by atoms with Crippen LogP contribution in [0.15, 0.2) is 53.7 Å². The Hall–Kier alpha value is -2.48. The zero-order valence-electron chi connectivity index (χ0n) is 15.5. The van der Waals surface area contributed by atoms with Gasteiger partial charge in [0.1, 0.15) is 0 Å². The average molecular weight is 407 g/mol. The Bertz CT molecular complexity index is 984. The maximum Gasteiger partial charge on any atom is 0.416 e. The fourth-order valence-electron chi connectivity index (χ4n) is 2.95. The Kier molecular flexibility index (Phi) is 5.98. The Morgan fingerprint density at radius 1 is 1.21 bits per heavy atom. The number of para-hydroxylation sites is 2. The molecule has 0 aliphatic heterocycles. The highest BCUT2D eigenvalue weighted by atomic mass is 32.2. The van der Waals surface area contributed by atoms with Crippen LogP contribution in [0, 0.1) is 0 Å². The number of hydrogen-bond donors (Lipinski definition) is 1. The molecule has 3 aromatic rings. The molecule has 1 N–H and O–H groups in total. The Morgan fingerprint density at radius 3 is 2.68 bits per heavy atom. The van der Waals surface area contributed by atoms with Crippen LogP contribution in [0.3, 0.4) is 0 Å². The molecule has 0 saturated heterocycles. The number of amides is 1. The van der Waals surface area contributed by atoms with Gasteiger partial charge in [-0.25, -0.2) is 4.98 Å². The molecule has 0 aliphatic rings. The molecule has 148 valence electrons. The molecule has 1 amide bonds. The molecule has 0 fully saturated rings. The first-order chi connectivity index (χ1) is 13.3. The molecule has 4 nitrogen and oxygen atoms in total. The molecule has 1 heterocycles. The minimum absolute atomic E-state index is 0.132. The third kappa shape index (κ3) is 4.49. The highest BCUT2D eigenvalue weighted by Crippen LogP contribution is 2.31. The molecule has 2 aromatic carbocycles. The van der Waals surface area contributed by atoms with Crippen LogP contribution in [-0.2, 0) is 17.5 Å². The summed E-state index contributed by atoms with van der Waals surface area (Å²) in [5.74, 6) is -0.128. The fraction of sp³-hybridized carbons (Fsp3) is 0.300. The maximum atomic E-state index is 12.9. The van der Waals surface area contributed by atoms with Gasteiger partial charge < -0.3 is 9.88 Å². The van der Waals surface area contributed by atoms with Crippen LogP contribution in [-0.4, -0.2) is 21.2 Å². The van der Waals surface area contributed by atoms with Crippen molar-refractivity contribution >= 4 is 28.7 Å². The van der Waals surface area contributed by atoms with Gasteiger partial charge in [-0.05, 0) is 43.7 Å². The van der Waals surface area contributed by atoms with Crippen molar-refractivity contribution in [2.24, 2.45) is 0 Å². The number of imidazole rings is 1. The lowest BCUT2D eigenvalue weighted by Gasteiger charge is -2.16. The number of alkyl halides is 3. The first-order valence-electron chi connectivity index (χ1n) is 8.84. The quantitative estimate of drug-likeness (QED) is 0.582. The number of nitrogens with zero attached hydrogens (tertiary/aromatic N) is 2. The van der Waals surface area contributed by atoms with E-state index in [0.717, 1.165) is 34.9 Å². The van der Waals surface area contributed by atoms with Crippen molar-refractivity contribution in [1.82, 2.24) is 14.9 Å². The summed E-state index contributed by atoms with van der Waals surface area (Å²) in [6.45, 7) is 4.40. The summed E-state index contributed by atoms with van der Waals surface area (Å²) in [6, 6.07) is 12.2. The standard InChI is InChI=1S/C20H20F3N3OS/c1-3-26-17-10-5-4-9-16(17)25-19(26)28-12-18(27)24-13(2)14-7-6-8-15(11-14)20(21,22)23/h4-11,13H,3,12H2,1-2H3,(H,24,27). The summed E-state index contributed by atoms with van der Waals surface area (Å²) >= 11 is 1.31. The first kappa shape index (κ1) is 20.3. The van der Waals surface area contributed by atoms with Gasteiger partial charge in [0.25, 0.3) is 0 Å². The Balaban J connectivity index is 1.65. The van der Waals surface area contributed by atoms with Gasteiger partial charge in [0, 0.05) is 6.54 Å². The summed E-state index contributed by atoms with van der Waals surface area (Å²) in [4.78, 5) is 16.9. The van der Waals surface area contributed by atoms with Gasteiger partial charge in [-0.3, -0.25) is 4.79 Å². The Labute approximate surface area is 165 Å². The van der Waals surface area contributed by atoms with E-state index in [4.69, 9.17) is 0 Å². The molecule has 1 aromatic heterocycles. The van der Waals surface area contributed by atoms with E-state index in [9.17, 15) is 18.0 Å². The van der Waals surface area contributed by atoms with Gasteiger partial charge in [-0.2, -0.15) is 13.2 Å². The predicted molar refractivity (Wildman–Crippen MR) is 104 cm³/mol. The third-order valence-electron chi connectivity index (χ3n) is 4.36. The number of aryl methyl sites for hydroxylation is 1. The lowest BCUT2D eigenvalue weighted by Crippen LogP contribution is -2.28. The number of carbonyl (C=O) groups excluding carboxylic acids is 1. The molecule has 0 saturated carbocycles. The normalized spacial score (nSPS) is 12.9. The molecule has 3 rings (SSSR count). The van der Waals surface area contributed by atoms with Gasteiger partial charge in [0.05, 0.1) is 28.4 Å². The summed E-state index contributed by atoms with van der Waals surface area (Å²) in [7, 11) is 0. The number of aromatic nitrogens is 2. The monoisotopic (exact) mass is 407 g/mol. The first-order valence-corrected chi connectivity index (χ1v) is 9.82. The van der Waals surface area contributed by atoms with Crippen molar-refractivity contribution in [3.8, 4) is 0 Å². The van der Waals surface area contributed by atoms with Gasteiger partial charge >= 0.3 is 6.18 Å². The molecular weight excluding hydrogens is 387 g/mol. The highest BCUT2D eigenvalue weighted by Gasteiger charge is 2.30. The SMILES string of the molecule is CCn1c(SCC(=O)NC(C)c2cccc(C(F)(F)F)c2)nc2ccccc21. The largest absolute Gasteiger partial charge is 0.416 e. The molecule has 8 heteroatoms. The maximum absolute atomic E-state index is 12.9. The fourth-order valence-corrected chi connectivity index (χ4v) is 3.84. The molecule has 1 unspecified atom stereocenters. The van der Waals surface area contributed by atoms with E-state index in [1.165, 1.54) is 17.8 Å². The van der Waals surface area contributed by atoms with E-state index in [0.29, 0.717) is 5.56 Å². The average Bonchev–Trinajstić information content (AvgIpc) is 3.03. The topological polar surface area (TPSA) is 46.9 Å². The Morgan fingerprint density at radius 2 is 1.96 bits per heavy atom. The smallest absolute Gasteiger partial charge is 0.349 e. The highest BCUT2D eigenvalue weighted by molar-refractivity contribution is 7.99. The van der Waals surface area contributed by atoms with E-state index < -0.39 is 17.8 Å². The second-order valence-electron chi connectivity index (χ2n) is 6.33. The molecular formula is C20H20F3N3OS. The van der Waals surface area contributed by atoms with Crippen LogP contribution < -0.4 is 5.32 Å². The van der Waals surface area contributed by atoms with E-state index >= 15 is 0 Å². The van der Waals surface area contributed by atoms with Crippen LogP contribution in [0.2, 0.25) is 0 Å². The van der Waals surface area contributed by atoms with Gasteiger partial charge in [0.15, 0.2) is 5.16 Å². The molecule has 1 atom stereocenters. The van der Waals surface area contributed by atoms with Crippen molar-refractivity contribution < 1.29 is 18.0 Å². The molecule has 0 spiro atoms. The predicted octanol–water partition coefficient (Wildman–Crippen LogP) is 5.04. The van der Waals surface area contributed by atoms with Crippen LogP contribution in [0.5, 0.6) is 0 Å². The number of carbonyl (C=O) groups is 1. The number of rotatable bonds is 6. The van der Waals surface area contributed by atoms with Crippen molar-refractivity contribution in [3.05, 3.63) is 59.7 Å². The van der Waals surface area contributed by atoms with E-state index in [1.54, 1.807) is 13.0 Å². The van der Waals surface area contributed by atoms with Gasteiger partial charge in [-0.15, -0.1) is 0 Å². The van der Waals surface area contributed by atoms with Crippen LogP contribution >= 0.6 is 11.8 Å². The van der Waals surface area contributed by atoms with Crippen molar-refractivity contribution in [3.63, 3.8) is 0 Å². The summed E-state index contributed by atoms with van der Waals surface area (Å²) in [5, 5.41) is 3.49. The zero-order valence-corrected chi connectivity index (χ0v) is 16.3. The summed E-state index contributed by atoms with van der Waals surface area (Å²) in [5.41, 5.74) is 1.56. The molecule has 28 heavy (non-hydrogen) atoms. The van der Waals surface area contributed by atoms with E-state index in [-0.39, 0.29) is 11.7 Å².